The van der Waals surface area contributed by atoms with Crippen LogP contribution in [-0.2, 0) is 17.0 Å². The van der Waals surface area contributed by atoms with E-state index in [2.05, 4.69) is 20.2 Å². The molecule has 0 atom stereocenters. The van der Waals surface area contributed by atoms with Gasteiger partial charge in [0.15, 0.2) is 0 Å². The molecule has 0 spiro atoms. The van der Waals surface area contributed by atoms with Crippen molar-refractivity contribution in [2.45, 2.75) is 24.2 Å². The summed E-state index contributed by atoms with van der Waals surface area (Å²) < 4.78 is 9.73. The van der Waals surface area contributed by atoms with Gasteiger partial charge in [0.25, 0.3) is 5.91 Å². The SMILES string of the molecule is COC(=O)c1ccc(CNC(=O)c2cccnc2SCc2cc(C)on2)cc1. The number of hydrogen-bond acceptors (Lipinski definition) is 7. The number of nitrogens with one attached hydrogen (secondary N) is 1. The summed E-state index contributed by atoms with van der Waals surface area (Å²) in [5, 5.41) is 7.45. The van der Waals surface area contributed by atoms with Crippen LogP contribution in [0.1, 0.15) is 37.7 Å². The maximum Gasteiger partial charge on any atom is 0.337 e. The zero-order valence-corrected chi connectivity index (χ0v) is 16.3. The first-order valence-electron chi connectivity index (χ1n) is 8.52. The lowest BCUT2D eigenvalue weighted by molar-refractivity contribution is 0.0600. The molecule has 1 amide bonds. The summed E-state index contributed by atoms with van der Waals surface area (Å²) in [5.74, 6) is 0.690. The van der Waals surface area contributed by atoms with Gasteiger partial charge in [0.05, 0.1) is 23.9 Å². The number of aromatic nitrogens is 2. The molecule has 2 aromatic heterocycles. The molecule has 7 nitrogen and oxygen atoms in total. The molecule has 0 radical (unpaired) electrons. The van der Waals surface area contributed by atoms with Crippen LogP contribution in [0.15, 0.2) is 58.2 Å². The first-order chi connectivity index (χ1) is 13.6. The molecule has 0 fully saturated rings. The van der Waals surface area contributed by atoms with Crippen LogP contribution in [0.25, 0.3) is 0 Å². The predicted molar refractivity (Wildman–Crippen MR) is 104 cm³/mol. The molecule has 0 saturated heterocycles. The fourth-order valence-corrected chi connectivity index (χ4v) is 3.33. The Hall–Kier alpha value is -3.13. The van der Waals surface area contributed by atoms with E-state index in [9.17, 15) is 9.59 Å². The Morgan fingerprint density at radius 1 is 1.21 bits per heavy atom. The average Bonchev–Trinajstić information content (AvgIpc) is 3.15. The lowest BCUT2D eigenvalue weighted by Gasteiger charge is -2.09. The standard InChI is InChI=1S/C20H19N3O4S/c1-13-10-16(23-27-13)12-28-19-17(4-3-9-21-19)18(24)22-11-14-5-7-15(8-6-14)20(25)26-2/h3-10H,11-12H2,1-2H3,(H,22,24). The number of rotatable bonds is 7. The van der Waals surface area contributed by atoms with E-state index >= 15 is 0 Å². The molecule has 0 unspecified atom stereocenters. The Balaban J connectivity index is 1.61. The largest absolute Gasteiger partial charge is 0.465 e. The van der Waals surface area contributed by atoms with Crippen LogP contribution in [0.2, 0.25) is 0 Å². The van der Waals surface area contributed by atoms with Crippen LogP contribution in [0.3, 0.4) is 0 Å². The summed E-state index contributed by atoms with van der Waals surface area (Å²) in [7, 11) is 1.34. The van der Waals surface area contributed by atoms with Crippen molar-refractivity contribution in [1.82, 2.24) is 15.5 Å². The van der Waals surface area contributed by atoms with Gasteiger partial charge in [-0.25, -0.2) is 9.78 Å². The highest BCUT2D eigenvalue weighted by atomic mass is 32.2. The van der Waals surface area contributed by atoms with Crippen molar-refractivity contribution in [3.8, 4) is 0 Å². The summed E-state index contributed by atoms with van der Waals surface area (Å²) >= 11 is 1.43. The Kier molecular flexibility index (Phi) is 6.44. The number of carbonyl (C=O) groups excluding carboxylic acids is 2. The lowest BCUT2D eigenvalue weighted by Crippen LogP contribution is -2.23. The van der Waals surface area contributed by atoms with Gasteiger partial charge in [-0.3, -0.25) is 4.79 Å². The molecule has 0 aliphatic carbocycles. The van der Waals surface area contributed by atoms with Crippen LogP contribution in [-0.4, -0.2) is 29.1 Å². The third-order valence-electron chi connectivity index (χ3n) is 3.88. The number of ether oxygens (including phenoxy) is 1. The number of esters is 1. The minimum absolute atomic E-state index is 0.219. The van der Waals surface area contributed by atoms with Gasteiger partial charge in [-0.05, 0) is 36.8 Å². The highest BCUT2D eigenvalue weighted by Gasteiger charge is 2.14. The Bertz CT molecular complexity index is 970. The second-order valence-electron chi connectivity index (χ2n) is 5.94. The maximum atomic E-state index is 12.6. The van der Waals surface area contributed by atoms with Gasteiger partial charge < -0.3 is 14.6 Å². The molecule has 0 bridgehead atoms. The first kappa shape index (κ1) is 19.6. The Labute approximate surface area is 166 Å². The van der Waals surface area contributed by atoms with Crippen molar-refractivity contribution >= 4 is 23.6 Å². The zero-order valence-electron chi connectivity index (χ0n) is 15.5. The number of nitrogens with zero attached hydrogens (tertiary/aromatic N) is 2. The lowest BCUT2D eigenvalue weighted by atomic mass is 10.1. The van der Waals surface area contributed by atoms with E-state index in [-0.39, 0.29) is 5.91 Å². The average molecular weight is 397 g/mol. The highest BCUT2D eigenvalue weighted by molar-refractivity contribution is 7.98. The van der Waals surface area contributed by atoms with E-state index in [0.29, 0.717) is 28.5 Å². The minimum atomic E-state index is -0.394. The molecule has 144 valence electrons. The normalized spacial score (nSPS) is 10.5. The highest BCUT2D eigenvalue weighted by Crippen LogP contribution is 2.24. The summed E-state index contributed by atoms with van der Waals surface area (Å²) in [6, 6.07) is 12.2. The second-order valence-corrected chi connectivity index (χ2v) is 6.91. The number of thioether (sulfide) groups is 1. The van der Waals surface area contributed by atoms with Crippen LogP contribution in [0, 0.1) is 6.92 Å². The molecule has 1 N–H and O–H groups in total. The Morgan fingerprint density at radius 2 is 2.00 bits per heavy atom. The topological polar surface area (TPSA) is 94.3 Å². The van der Waals surface area contributed by atoms with E-state index < -0.39 is 5.97 Å². The fraction of sp³-hybridized carbons (Fsp3) is 0.200. The van der Waals surface area contributed by atoms with E-state index in [1.165, 1.54) is 18.9 Å². The van der Waals surface area contributed by atoms with E-state index in [1.54, 1.807) is 42.6 Å². The molecule has 0 aliphatic heterocycles. The number of hydrogen-bond donors (Lipinski definition) is 1. The van der Waals surface area contributed by atoms with Crippen molar-refractivity contribution in [3.63, 3.8) is 0 Å². The smallest absolute Gasteiger partial charge is 0.337 e. The van der Waals surface area contributed by atoms with Gasteiger partial charge in [-0.15, -0.1) is 0 Å². The van der Waals surface area contributed by atoms with E-state index in [4.69, 9.17) is 4.52 Å². The van der Waals surface area contributed by atoms with Crippen molar-refractivity contribution in [2.24, 2.45) is 0 Å². The fourth-order valence-electron chi connectivity index (χ4n) is 2.46. The maximum absolute atomic E-state index is 12.6. The number of amides is 1. The van der Waals surface area contributed by atoms with Gasteiger partial charge in [-0.2, -0.15) is 0 Å². The number of pyridine rings is 1. The van der Waals surface area contributed by atoms with E-state index in [0.717, 1.165) is 17.0 Å². The quantitative estimate of drug-likeness (QED) is 0.482. The monoisotopic (exact) mass is 397 g/mol. The van der Waals surface area contributed by atoms with Crippen LogP contribution in [0.4, 0.5) is 0 Å². The van der Waals surface area contributed by atoms with Gasteiger partial charge in [0.2, 0.25) is 0 Å². The number of carbonyl (C=O) groups is 2. The van der Waals surface area contributed by atoms with Crippen molar-refractivity contribution < 1.29 is 18.8 Å². The van der Waals surface area contributed by atoms with Crippen LogP contribution >= 0.6 is 11.8 Å². The Morgan fingerprint density at radius 3 is 2.68 bits per heavy atom. The van der Waals surface area contributed by atoms with E-state index in [1.807, 2.05) is 13.0 Å². The zero-order chi connectivity index (χ0) is 19.9. The molecule has 3 aromatic rings. The van der Waals surface area contributed by atoms with Gasteiger partial charge in [0, 0.05) is 24.6 Å². The summed E-state index contributed by atoms with van der Waals surface area (Å²) in [5.41, 5.74) is 2.63. The molecule has 28 heavy (non-hydrogen) atoms. The van der Waals surface area contributed by atoms with Gasteiger partial charge in [-0.1, -0.05) is 29.1 Å². The minimum Gasteiger partial charge on any atom is -0.465 e. The van der Waals surface area contributed by atoms with Crippen LogP contribution in [0.5, 0.6) is 0 Å². The molecule has 2 heterocycles. The van der Waals surface area contributed by atoms with Crippen molar-refractivity contribution in [2.75, 3.05) is 7.11 Å². The molecular weight excluding hydrogens is 378 g/mol. The molecule has 8 heteroatoms. The predicted octanol–water partition coefficient (Wildman–Crippen LogP) is 3.39. The third-order valence-corrected chi connectivity index (χ3v) is 4.92. The summed E-state index contributed by atoms with van der Waals surface area (Å²) in [6.07, 6.45) is 1.65. The van der Waals surface area contributed by atoms with Crippen molar-refractivity contribution in [3.05, 3.63) is 76.8 Å². The first-order valence-corrected chi connectivity index (χ1v) is 9.51. The molecule has 1 aromatic carbocycles. The van der Waals surface area contributed by atoms with Crippen LogP contribution < -0.4 is 5.32 Å². The molecule has 0 saturated carbocycles. The molecule has 3 rings (SSSR count). The number of methoxy groups -OCH3 is 1. The summed E-state index contributed by atoms with van der Waals surface area (Å²) in [6.45, 7) is 2.17. The molecular formula is C20H19N3O4S. The second kappa shape index (κ2) is 9.18. The van der Waals surface area contributed by atoms with Gasteiger partial charge >= 0.3 is 5.97 Å². The third kappa shape index (κ3) is 4.98. The number of benzene rings is 1. The van der Waals surface area contributed by atoms with Gasteiger partial charge in [0.1, 0.15) is 10.8 Å². The molecule has 0 aliphatic rings. The number of aryl methyl sites for hydroxylation is 1. The van der Waals surface area contributed by atoms with Crippen molar-refractivity contribution in [1.29, 1.82) is 0 Å². The summed E-state index contributed by atoms with van der Waals surface area (Å²) in [4.78, 5) is 28.4.